The summed E-state index contributed by atoms with van der Waals surface area (Å²) < 4.78 is 17.0. The minimum Gasteiger partial charge on any atom is -0.462 e. The number of ether oxygens (including phenoxy) is 3. The third kappa shape index (κ3) is 67.6. The summed E-state index contributed by atoms with van der Waals surface area (Å²) in [5, 5.41) is 0. The van der Waals surface area contributed by atoms with Crippen molar-refractivity contribution < 1.29 is 28.6 Å². The first-order valence-electron chi connectivity index (χ1n) is 35.9. The van der Waals surface area contributed by atoms with Gasteiger partial charge in [-0.25, -0.2) is 0 Å². The van der Waals surface area contributed by atoms with Gasteiger partial charge < -0.3 is 14.2 Å². The van der Waals surface area contributed by atoms with Crippen molar-refractivity contribution in [3.05, 3.63) is 72.9 Å². The molecule has 0 spiro atoms. The van der Waals surface area contributed by atoms with Gasteiger partial charge in [-0.3, -0.25) is 14.4 Å². The predicted molar refractivity (Wildman–Crippen MR) is 358 cm³/mol. The molecule has 0 aliphatic heterocycles. The van der Waals surface area contributed by atoms with Crippen LogP contribution in [0.2, 0.25) is 0 Å². The topological polar surface area (TPSA) is 78.9 Å². The molecule has 0 heterocycles. The highest BCUT2D eigenvalue weighted by atomic mass is 16.6. The summed E-state index contributed by atoms with van der Waals surface area (Å²) in [7, 11) is 0. The maximum Gasteiger partial charge on any atom is 0.306 e. The lowest BCUT2D eigenvalue weighted by molar-refractivity contribution is -0.167. The Morgan fingerprint density at radius 2 is 0.476 bits per heavy atom. The van der Waals surface area contributed by atoms with Crippen LogP contribution in [0.1, 0.15) is 374 Å². The van der Waals surface area contributed by atoms with Crippen LogP contribution in [0.25, 0.3) is 0 Å². The molecule has 0 radical (unpaired) electrons. The smallest absolute Gasteiger partial charge is 0.306 e. The maximum absolute atomic E-state index is 13.0. The second-order valence-corrected chi connectivity index (χ2v) is 24.1. The van der Waals surface area contributed by atoms with Gasteiger partial charge in [-0.05, 0) is 70.6 Å². The molecule has 1 unspecified atom stereocenters. The molecule has 0 aromatic carbocycles. The lowest BCUT2D eigenvalue weighted by atomic mass is 10.0. The summed E-state index contributed by atoms with van der Waals surface area (Å²) in [6.07, 6.45) is 92.1. The van der Waals surface area contributed by atoms with E-state index < -0.39 is 6.10 Å². The molecule has 6 heteroatoms. The Morgan fingerprint density at radius 3 is 0.744 bits per heavy atom. The molecule has 0 amide bonds. The first kappa shape index (κ1) is 78.8. The van der Waals surface area contributed by atoms with Crippen LogP contribution >= 0.6 is 0 Å². The number of esters is 3. The molecule has 82 heavy (non-hydrogen) atoms. The molecule has 1 atom stereocenters. The first-order valence-corrected chi connectivity index (χ1v) is 35.9. The van der Waals surface area contributed by atoms with E-state index in [2.05, 4.69) is 93.7 Å². The van der Waals surface area contributed by atoms with Crippen LogP contribution in [0.5, 0.6) is 0 Å². The van der Waals surface area contributed by atoms with Gasteiger partial charge in [0.1, 0.15) is 13.2 Å². The fourth-order valence-electron chi connectivity index (χ4n) is 10.6. The van der Waals surface area contributed by atoms with Crippen molar-refractivity contribution in [3.63, 3.8) is 0 Å². The van der Waals surface area contributed by atoms with Gasteiger partial charge in [0.2, 0.25) is 0 Å². The number of allylic oxidation sites excluding steroid dienone is 12. The minimum absolute atomic E-state index is 0.0746. The number of hydrogen-bond acceptors (Lipinski definition) is 6. The van der Waals surface area contributed by atoms with Crippen LogP contribution < -0.4 is 0 Å². The second-order valence-electron chi connectivity index (χ2n) is 24.1. The van der Waals surface area contributed by atoms with E-state index in [0.717, 1.165) is 103 Å². The average molecular weight is 1150 g/mol. The standard InChI is InChI=1S/C76H136O6/c1-4-7-10-13-16-19-22-25-28-31-34-36-37-38-39-40-43-45-48-51-54-57-60-63-66-69-75(78)81-72-73(71-80-74(77)68-65-62-59-56-53-50-47-44-41-33-30-27-24-21-18-15-12-9-6-3)82-76(79)70-67-64-61-58-55-52-49-46-42-35-32-29-26-23-20-17-14-11-8-5-2/h7,10,16,19,25,28,34,36,38-39,43,45,73H,4-6,8-9,11-15,17-18,20-24,26-27,29-33,35,37,40-42,44,46-72H2,1-3H3/b10-7-,19-16-,28-25-,36-34-,39-38-,45-43-. The van der Waals surface area contributed by atoms with Crippen molar-refractivity contribution in [1.29, 1.82) is 0 Å². The third-order valence-electron chi connectivity index (χ3n) is 16.0. The quantitative estimate of drug-likeness (QED) is 0.0261. The van der Waals surface area contributed by atoms with Crippen molar-refractivity contribution in [2.45, 2.75) is 380 Å². The summed E-state index contributed by atoms with van der Waals surface area (Å²) in [6, 6.07) is 0. The molecule has 6 nitrogen and oxygen atoms in total. The molecule has 0 aromatic rings. The third-order valence-corrected chi connectivity index (χ3v) is 16.0. The number of carbonyl (C=O) groups is 3. The van der Waals surface area contributed by atoms with Crippen LogP contribution in [0.3, 0.4) is 0 Å². The van der Waals surface area contributed by atoms with Gasteiger partial charge in [-0.15, -0.1) is 0 Å². The van der Waals surface area contributed by atoms with Crippen LogP contribution in [-0.4, -0.2) is 37.2 Å². The molecule has 476 valence electrons. The fourth-order valence-corrected chi connectivity index (χ4v) is 10.6. The van der Waals surface area contributed by atoms with Crippen LogP contribution in [-0.2, 0) is 28.6 Å². The molecule has 0 aromatic heterocycles. The van der Waals surface area contributed by atoms with E-state index in [1.54, 1.807) is 0 Å². The van der Waals surface area contributed by atoms with Gasteiger partial charge in [0, 0.05) is 19.3 Å². The average Bonchev–Trinajstić information content (AvgIpc) is 3.47. The lowest BCUT2D eigenvalue weighted by Gasteiger charge is -2.18. The monoisotopic (exact) mass is 1150 g/mol. The Bertz CT molecular complexity index is 1500. The van der Waals surface area contributed by atoms with Crippen LogP contribution in [0.4, 0.5) is 0 Å². The molecule has 0 aliphatic rings. The Hall–Kier alpha value is -3.15. The fraction of sp³-hybridized carbons (Fsp3) is 0.803. The van der Waals surface area contributed by atoms with Gasteiger partial charge in [0.05, 0.1) is 0 Å². The number of carbonyl (C=O) groups excluding carboxylic acids is 3. The maximum atomic E-state index is 13.0. The van der Waals surface area contributed by atoms with E-state index in [4.69, 9.17) is 14.2 Å². The van der Waals surface area contributed by atoms with Crippen LogP contribution in [0.15, 0.2) is 72.9 Å². The Balaban J connectivity index is 4.36. The zero-order chi connectivity index (χ0) is 59.2. The van der Waals surface area contributed by atoms with E-state index in [-0.39, 0.29) is 31.1 Å². The van der Waals surface area contributed by atoms with E-state index >= 15 is 0 Å². The summed E-state index contributed by atoms with van der Waals surface area (Å²) in [6.45, 7) is 6.59. The second kappa shape index (κ2) is 70.3. The van der Waals surface area contributed by atoms with Crippen molar-refractivity contribution in [2.24, 2.45) is 0 Å². The van der Waals surface area contributed by atoms with Gasteiger partial charge in [0.15, 0.2) is 6.10 Å². The number of hydrogen-bond donors (Lipinski definition) is 0. The van der Waals surface area contributed by atoms with Crippen molar-refractivity contribution in [2.75, 3.05) is 13.2 Å². The van der Waals surface area contributed by atoms with E-state index in [9.17, 15) is 14.4 Å². The van der Waals surface area contributed by atoms with Gasteiger partial charge in [-0.1, -0.05) is 357 Å². The van der Waals surface area contributed by atoms with E-state index in [1.165, 1.54) is 231 Å². The molecular weight excluding hydrogens is 1010 g/mol. The zero-order valence-corrected chi connectivity index (χ0v) is 54.8. The lowest BCUT2D eigenvalue weighted by Crippen LogP contribution is -2.30. The molecule has 0 bridgehead atoms. The normalized spacial score (nSPS) is 12.5. The number of unbranched alkanes of at least 4 members (excludes halogenated alkanes) is 43. The summed E-state index contributed by atoms with van der Waals surface area (Å²) in [5.74, 6) is -0.863. The van der Waals surface area contributed by atoms with Crippen molar-refractivity contribution in [3.8, 4) is 0 Å². The highest BCUT2D eigenvalue weighted by Crippen LogP contribution is 2.18. The van der Waals surface area contributed by atoms with E-state index in [1.807, 2.05) is 0 Å². The largest absolute Gasteiger partial charge is 0.462 e. The van der Waals surface area contributed by atoms with Crippen molar-refractivity contribution in [1.82, 2.24) is 0 Å². The summed E-state index contributed by atoms with van der Waals surface area (Å²) in [5.41, 5.74) is 0. The number of rotatable bonds is 66. The Morgan fingerprint density at radius 1 is 0.256 bits per heavy atom. The molecule has 0 fully saturated rings. The Labute approximate surface area is 510 Å². The molecule has 0 N–H and O–H groups in total. The molecule has 0 saturated heterocycles. The van der Waals surface area contributed by atoms with E-state index in [0.29, 0.717) is 19.3 Å². The first-order chi connectivity index (χ1) is 40.5. The van der Waals surface area contributed by atoms with Gasteiger partial charge >= 0.3 is 17.9 Å². The van der Waals surface area contributed by atoms with Crippen molar-refractivity contribution >= 4 is 17.9 Å². The van der Waals surface area contributed by atoms with Gasteiger partial charge in [0.25, 0.3) is 0 Å². The Kier molecular flexibility index (Phi) is 67.6. The SMILES string of the molecule is CC/C=C\C/C=C\C/C=C\C/C=C\C/C=C\C/C=C\CCCCCCCCC(=O)OCC(COC(=O)CCCCCCCCCCCCCCCCCCCCC)OC(=O)CCCCCCCCCCCCCCCCCCCCCC. The summed E-state index contributed by atoms with van der Waals surface area (Å²) in [4.78, 5) is 38.5. The zero-order valence-electron chi connectivity index (χ0n) is 54.8. The molecule has 0 aliphatic carbocycles. The highest BCUT2D eigenvalue weighted by Gasteiger charge is 2.19. The summed E-state index contributed by atoms with van der Waals surface area (Å²) >= 11 is 0. The molecule has 0 saturated carbocycles. The molecule has 0 rings (SSSR count). The highest BCUT2D eigenvalue weighted by molar-refractivity contribution is 5.71. The predicted octanol–water partition coefficient (Wildman–Crippen LogP) is 24.8. The minimum atomic E-state index is -0.781. The van der Waals surface area contributed by atoms with Gasteiger partial charge in [-0.2, -0.15) is 0 Å². The van der Waals surface area contributed by atoms with Crippen LogP contribution in [0, 0.1) is 0 Å². The molecular formula is C76H136O6.